The molecule has 4 N–H and O–H groups in total. The molecule has 0 aromatic heterocycles. The smallest absolute Gasteiger partial charge is 0.277 e. The summed E-state index contributed by atoms with van der Waals surface area (Å²) >= 11 is 3.36. The molecule has 0 aliphatic rings. The van der Waals surface area contributed by atoms with Crippen molar-refractivity contribution in [2.24, 2.45) is 10.8 Å². The van der Waals surface area contributed by atoms with Crippen molar-refractivity contribution in [1.29, 1.82) is 0 Å². The fraction of sp³-hybridized carbons (Fsp3) is 0.200. The number of ether oxygens (including phenoxy) is 1. The predicted molar refractivity (Wildman–Crippen MR) is 114 cm³/mol. The third-order valence-electron chi connectivity index (χ3n) is 3.74. The second-order valence-electron chi connectivity index (χ2n) is 6.25. The minimum Gasteiger partial charge on any atom is -0.483 e. The summed E-state index contributed by atoms with van der Waals surface area (Å²) in [6.45, 7) is 3.30. The van der Waals surface area contributed by atoms with Crippen molar-refractivity contribution in [3.05, 3.63) is 58.1 Å². The zero-order valence-electron chi connectivity index (χ0n) is 16.0. The van der Waals surface area contributed by atoms with E-state index in [2.05, 4.69) is 31.8 Å². The first-order chi connectivity index (χ1) is 13.7. The number of carbonyl (C=O) groups is 3. The van der Waals surface area contributed by atoms with Crippen LogP contribution in [-0.2, 0) is 9.59 Å². The fourth-order valence-electron chi connectivity index (χ4n) is 2.30. The van der Waals surface area contributed by atoms with Gasteiger partial charge in [0.25, 0.3) is 5.91 Å². The van der Waals surface area contributed by atoms with E-state index in [0.29, 0.717) is 22.7 Å². The number of primary amides is 1. The van der Waals surface area contributed by atoms with Gasteiger partial charge in [-0.05, 0) is 61.9 Å². The Morgan fingerprint density at radius 3 is 2.41 bits per heavy atom. The summed E-state index contributed by atoms with van der Waals surface area (Å²) in [5.41, 5.74) is 9.72. The maximum atomic E-state index is 12.0. The average molecular weight is 461 g/mol. The molecule has 0 heterocycles. The zero-order valence-corrected chi connectivity index (χ0v) is 17.6. The summed E-state index contributed by atoms with van der Waals surface area (Å²) in [7, 11) is 0. The standard InChI is InChI=1S/C20H21BrN4O4/c1-12-9-15(21)5-8-17(12)29-11-19(27)25-24-13(2)10-18(26)23-16-6-3-14(4-7-16)20(22)28/h3-9H,10-11H2,1-2H3,(H2,22,28)(H,23,26)(H,25,27). The number of benzene rings is 2. The van der Waals surface area contributed by atoms with Gasteiger partial charge in [0, 0.05) is 21.4 Å². The molecule has 8 nitrogen and oxygen atoms in total. The lowest BCUT2D eigenvalue weighted by Crippen LogP contribution is -2.26. The van der Waals surface area contributed by atoms with Gasteiger partial charge in [-0.1, -0.05) is 15.9 Å². The van der Waals surface area contributed by atoms with E-state index in [1.165, 1.54) is 12.1 Å². The molecule has 0 radical (unpaired) electrons. The Morgan fingerprint density at radius 2 is 1.79 bits per heavy atom. The van der Waals surface area contributed by atoms with Crippen molar-refractivity contribution in [3.8, 4) is 5.75 Å². The lowest BCUT2D eigenvalue weighted by atomic mass is 10.2. The molecule has 2 aromatic carbocycles. The van der Waals surface area contributed by atoms with E-state index in [4.69, 9.17) is 10.5 Å². The van der Waals surface area contributed by atoms with Crippen molar-refractivity contribution in [3.63, 3.8) is 0 Å². The van der Waals surface area contributed by atoms with Crippen LogP contribution in [0, 0.1) is 6.92 Å². The Bertz CT molecular complexity index is 942. The summed E-state index contributed by atoms with van der Waals surface area (Å²) < 4.78 is 6.38. The van der Waals surface area contributed by atoms with Gasteiger partial charge in [0.1, 0.15) is 5.75 Å². The number of carbonyl (C=O) groups excluding carboxylic acids is 3. The fourth-order valence-corrected chi connectivity index (χ4v) is 2.78. The maximum absolute atomic E-state index is 12.0. The topological polar surface area (TPSA) is 123 Å². The van der Waals surface area contributed by atoms with E-state index < -0.39 is 11.8 Å². The number of hydrogen-bond acceptors (Lipinski definition) is 5. The van der Waals surface area contributed by atoms with E-state index in [1.807, 2.05) is 19.1 Å². The second kappa shape index (κ2) is 10.4. The van der Waals surface area contributed by atoms with Crippen LogP contribution in [0.4, 0.5) is 5.69 Å². The Kier molecular flexibility index (Phi) is 7.90. The minimum absolute atomic E-state index is 0.00940. The van der Waals surface area contributed by atoms with Crippen molar-refractivity contribution in [1.82, 2.24) is 5.43 Å². The first-order valence-electron chi connectivity index (χ1n) is 8.65. The third kappa shape index (κ3) is 7.38. The first-order valence-corrected chi connectivity index (χ1v) is 9.44. The summed E-state index contributed by atoms with van der Waals surface area (Å²) in [5.74, 6) is -0.685. The molecule has 0 bridgehead atoms. The summed E-state index contributed by atoms with van der Waals surface area (Å²) in [5, 5.41) is 6.57. The molecule has 0 saturated heterocycles. The van der Waals surface area contributed by atoms with Crippen LogP contribution in [0.25, 0.3) is 0 Å². The Balaban J connectivity index is 1.78. The van der Waals surface area contributed by atoms with Gasteiger partial charge in [-0.2, -0.15) is 5.10 Å². The van der Waals surface area contributed by atoms with Crippen molar-refractivity contribution >= 4 is 45.1 Å². The van der Waals surface area contributed by atoms with Crippen LogP contribution in [0.5, 0.6) is 5.75 Å². The maximum Gasteiger partial charge on any atom is 0.277 e. The highest BCUT2D eigenvalue weighted by Gasteiger charge is 2.08. The highest BCUT2D eigenvalue weighted by Crippen LogP contribution is 2.21. The molecule has 0 spiro atoms. The van der Waals surface area contributed by atoms with Crippen molar-refractivity contribution < 1.29 is 19.1 Å². The molecule has 0 unspecified atom stereocenters. The molecular formula is C20H21BrN4O4. The zero-order chi connectivity index (χ0) is 21.4. The number of hydrogen-bond donors (Lipinski definition) is 3. The summed E-state index contributed by atoms with van der Waals surface area (Å²) in [6, 6.07) is 11.7. The third-order valence-corrected chi connectivity index (χ3v) is 4.23. The van der Waals surface area contributed by atoms with E-state index in [-0.39, 0.29) is 18.9 Å². The minimum atomic E-state index is -0.541. The largest absolute Gasteiger partial charge is 0.483 e. The van der Waals surface area contributed by atoms with Gasteiger partial charge in [-0.25, -0.2) is 5.43 Å². The second-order valence-corrected chi connectivity index (χ2v) is 7.16. The molecule has 3 amide bonds. The summed E-state index contributed by atoms with van der Waals surface area (Å²) in [4.78, 5) is 34.9. The number of halogens is 1. The van der Waals surface area contributed by atoms with Crippen LogP contribution in [0.2, 0.25) is 0 Å². The van der Waals surface area contributed by atoms with E-state index >= 15 is 0 Å². The van der Waals surface area contributed by atoms with Gasteiger partial charge >= 0.3 is 0 Å². The molecule has 0 aliphatic carbocycles. The van der Waals surface area contributed by atoms with Gasteiger partial charge in [0.2, 0.25) is 11.8 Å². The monoisotopic (exact) mass is 460 g/mol. The molecule has 0 atom stereocenters. The predicted octanol–water partition coefficient (Wildman–Crippen LogP) is 2.76. The van der Waals surface area contributed by atoms with Gasteiger partial charge in [0.15, 0.2) is 6.61 Å². The molecular weight excluding hydrogens is 440 g/mol. The quantitative estimate of drug-likeness (QED) is 0.413. The van der Waals surface area contributed by atoms with Crippen molar-refractivity contribution in [2.75, 3.05) is 11.9 Å². The Labute approximate surface area is 176 Å². The van der Waals surface area contributed by atoms with Crippen LogP contribution in [0.1, 0.15) is 29.3 Å². The van der Waals surface area contributed by atoms with E-state index in [0.717, 1.165) is 10.0 Å². The SMILES string of the molecule is CC(CC(=O)Nc1ccc(C(N)=O)cc1)=NNC(=O)COc1ccc(Br)cc1C. The molecule has 2 aromatic rings. The van der Waals surface area contributed by atoms with E-state index in [9.17, 15) is 14.4 Å². The normalized spacial score (nSPS) is 10.9. The van der Waals surface area contributed by atoms with Crippen LogP contribution >= 0.6 is 15.9 Å². The Hall–Kier alpha value is -3.20. The number of rotatable bonds is 8. The van der Waals surface area contributed by atoms with Crippen LogP contribution in [0.3, 0.4) is 0 Å². The highest BCUT2D eigenvalue weighted by atomic mass is 79.9. The molecule has 0 aliphatic heterocycles. The molecule has 2 rings (SSSR count). The number of nitrogens with one attached hydrogen (secondary N) is 2. The number of nitrogens with two attached hydrogens (primary N) is 1. The van der Waals surface area contributed by atoms with Crippen molar-refractivity contribution in [2.45, 2.75) is 20.3 Å². The van der Waals surface area contributed by atoms with Crippen LogP contribution in [0.15, 0.2) is 52.0 Å². The van der Waals surface area contributed by atoms with Gasteiger partial charge in [-0.3, -0.25) is 14.4 Å². The molecule has 9 heteroatoms. The van der Waals surface area contributed by atoms with E-state index in [1.54, 1.807) is 25.1 Å². The molecule has 0 saturated carbocycles. The molecule has 0 fully saturated rings. The highest BCUT2D eigenvalue weighted by molar-refractivity contribution is 9.10. The summed E-state index contributed by atoms with van der Waals surface area (Å²) in [6.07, 6.45) is -0.00940. The first kappa shape index (κ1) is 22.1. The van der Waals surface area contributed by atoms with Gasteiger partial charge in [-0.15, -0.1) is 0 Å². The number of anilines is 1. The molecule has 29 heavy (non-hydrogen) atoms. The number of hydrazone groups is 1. The number of aryl methyl sites for hydroxylation is 1. The number of nitrogens with zero attached hydrogens (tertiary/aromatic N) is 1. The lowest BCUT2D eigenvalue weighted by Gasteiger charge is -2.09. The average Bonchev–Trinajstić information content (AvgIpc) is 2.66. The van der Waals surface area contributed by atoms with Crippen LogP contribution in [-0.4, -0.2) is 30.0 Å². The number of amides is 3. The molecule has 152 valence electrons. The van der Waals surface area contributed by atoms with Crippen LogP contribution < -0.4 is 21.2 Å². The van der Waals surface area contributed by atoms with Gasteiger partial charge in [0.05, 0.1) is 6.42 Å². The Morgan fingerprint density at radius 1 is 1.10 bits per heavy atom. The lowest BCUT2D eigenvalue weighted by molar-refractivity contribution is -0.123. The van der Waals surface area contributed by atoms with Gasteiger partial charge < -0.3 is 15.8 Å².